The molecule has 0 saturated heterocycles. The number of rotatable bonds is 9. The molecule has 0 bridgehead atoms. The number of aryl methyl sites for hydroxylation is 1. The maximum absolute atomic E-state index is 4.52. The molecule has 1 rings (SSSR count). The van der Waals surface area contributed by atoms with Crippen molar-refractivity contribution in [3.63, 3.8) is 0 Å². The van der Waals surface area contributed by atoms with Crippen molar-refractivity contribution in [3.8, 4) is 0 Å². The fourth-order valence-corrected chi connectivity index (χ4v) is 2.15. The maximum atomic E-state index is 4.52. The molecule has 0 spiro atoms. The molecule has 18 heavy (non-hydrogen) atoms. The molecule has 1 atom stereocenters. The van der Waals surface area contributed by atoms with Crippen molar-refractivity contribution in [2.24, 2.45) is 0 Å². The molecule has 0 aliphatic heterocycles. The van der Waals surface area contributed by atoms with Crippen LogP contribution < -0.4 is 5.32 Å². The fraction of sp³-hybridized carbons (Fsp3) is 0.667. The molecular weight excluding hydrogens is 222 g/mol. The molecule has 0 fully saturated rings. The van der Waals surface area contributed by atoms with Crippen LogP contribution in [0.15, 0.2) is 18.9 Å². The van der Waals surface area contributed by atoms with Gasteiger partial charge in [0.25, 0.3) is 0 Å². The second-order valence-corrected chi connectivity index (χ2v) is 4.98. The van der Waals surface area contributed by atoms with Gasteiger partial charge in [-0.3, -0.25) is 0 Å². The first-order valence-corrected chi connectivity index (χ1v) is 7.09. The van der Waals surface area contributed by atoms with Gasteiger partial charge in [-0.25, -0.2) is 4.98 Å². The normalized spacial score (nSPS) is 12.4. The van der Waals surface area contributed by atoms with Crippen LogP contribution in [0, 0.1) is 6.92 Å². The molecule has 0 aromatic carbocycles. The minimum Gasteiger partial charge on any atom is -0.352 e. The van der Waals surface area contributed by atoms with Crippen molar-refractivity contribution in [2.45, 2.75) is 58.9 Å². The van der Waals surface area contributed by atoms with Crippen molar-refractivity contribution < 1.29 is 0 Å². The van der Waals surface area contributed by atoms with E-state index in [2.05, 4.69) is 41.5 Å². The molecule has 0 radical (unpaired) electrons. The summed E-state index contributed by atoms with van der Waals surface area (Å²) in [6.45, 7) is 11.1. The van der Waals surface area contributed by atoms with E-state index in [0.717, 1.165) is 18.2 Å². The van der Waals surface area contributed by atoms with E-state index in [1.165, 1.54) is 32.1 Å². The minimum absolute atomic E-state index is 0.510. The number of imidazole rings is 1. The predicted octanol–water partition coefficient (Wildman–Crippen LogP) is 4.32. The zero-order valence-electron chi connectivity index (χ0n) is 12.1. The highest BCUT2D eigenvalue weighted by molar-refractivity contribution is 5.30. The molecule has 1 unspecified atom stereocenters. The smallest absolute Gasteiger partial charge is 0.203 e. The van der Waals surface area contributed by atoms with E-state index in [1.807, 2.05) is 13.0 Å². The molecule has 0 aliphatic rings. The average molecular weight is 249 g/mol. The predicted molar refractivity (Wildman–Crippen MR) is 79.1 cm³/mol. The Kier molecular flexibility index (Phi) is 6.55. The van der Waals surface area contributed by atoms with Crippen LogP contribution in [0.3, 0.4) is 0 Å². The molecule has 0 aliphatic carbocycles. The highest BCUT2D eigenvalue weighted by Gasteiger charge is 2.10. The van der Waals surface area contributed by atoms with Gasteiger partial charge in [-0.1, -0.05) is 38.7 Å². The van der Waals surface area contributed by atoms with Gasteiger partial charge in [-0.15, -0.1) is 6.58 Å². The first-order chi connectivity index (χ1) is 8.69. The highest BCUT2D eigenvalue weighted by atomic mass is 15.2. The molecule has 1 heterocycles. The summed E-state index contributed by atoms with van der Waals surface area (Å²) in [7, 11) is 0. The number of anilines is 1. The lowest BCUT2D eigenvalue weighted by atomic mass is 10.1. The van der Waals surface area contributed by atoms with Crippen molar-refractivity contribution in [1.29, 1.82) is 0 Å². The van der Waals surface area contributed by atoms with Gasteiger partial charge in [0.15, 0.2) is 0 Å². The van der Waals surface area contributed by atoms with E-state index in [9.17, 15) is 0 Å². The Morgan fingerprint density at radius 2 is 2.22 bits per heavy atom. The number of nitrogens with one attached hydrogen (secondary N) is 1. The minimum atomic E-state index is 0.510. The van der Waals surface area contributed by atoms with E-state index in [0.29, 0.717) is 6.04 Å². The van der Waals surface area contributed by atoms with Gasteiger partial charge in [-0.2, -0.15) is 0 Å². The quantitative estimate of drug-likeness (QED) is 0.522. The molecule has 1 aromatic rings. The van der Waals surface area contributed by atoms with E-state index in [1.54, 1.807) is 0 Å². The van der Waals surface area contributed by atoms with Gasteiger partial charge < -0.3 is 9.88 Å². The standard InChI is InChI=1S/C15H27N3/c1-5-7-8-9-10-14(4)18-12-13(3)17-15(18)16-11-6-2/h6,12,14H,2,5,7-11H2,1,3-4H3,(H,16,17). The molecule has 0 saturated carbocycles. The molecule has 102 valence electrons. The van der Waals surface area contributed by atoms with Gasteiger partial charge in [-0.05, 0) is 20.3 Å². The van der Waals surface area contributed by atoms with E-state index in [-0.39, 0.29) is 0 Å². The molecular formula is C15H27N3. The molecule has 0 amide bonds. The maximum Gasteiger partial charge on any atom is 0.203 e. The van der Waals surface area contributed by atoms with Crippen LogP contribution in [0.4, 0.5) is 5.95 Å². The summed E-state index contributed by atoms with van der Waals surface area (Å²) in [6.07, 6.45) is 10.5. The largest absolute Gasteiger partial charge is 0.352 e. The van der Waals surface area contributed by atoms with Crippen molar-refractivity contribution >= 4 is 5.95 Å². The monoisotopic (exact) mass is 249 g/mol. The highest BCUT2D eigenvalue weighted by Crippen LogP contribution is 2.21. The first kappa shape index (κ1) is 14.8. The van der Waals surface area contributed by atoms with Crippen molar-refractivity contribution in [2.75, 3.05) is 11.9 Å². The number of hydrogen-bond donors (Lipinski definition) is 1. The fourth-order valence-electron chi connectivity index (χ4n) is 2.15. The third kappa shape index (κ3) is 4.55. The van der Waals surface area contributed by atoms with Crippen LogP contribution in [0.5, 0.6) is 0 Å². The second kappa shape index (κ2) is 7.96. The topological polar surface area (TPSA) is 29.9 Å². The molecule has 1 aromatic heterocycles. The lowest BCUT2D eigenvalue weighted by Crippen LogP contribution is -2.10. The summed E-state index contributed by atoms with van der Waals surface area (Å²) < 4.78 is 2.25. The number of nitrogens with zero attached hydrogens (tertiary/aromatic N) is 2. The van der Waals surface area contributed by atoms with E-state index in [4.69, 9.17) is 0 Å². The Morgan fingerprint density at radius 3 is 2.89 bits per heavy atom. The van der Waals surface area contributed by atoms with Crippen LogP contribution in [-0.4, -0.2) is 16.1 Å². The second-order valence-electron chi connectivity index (χ2n) is 4.98. The lowest BCUT2D eigenvalue weighted by Gasteiger charge is -2.16. The van der Waals surface area contributed by atoms with Crippen LogP contribution in [0.1, 0.15) is 57.7 Å². The Morgan fingerprint density at radius 1 is 1.44 bits per heavy atom. The zero-order valence-corrected chi connectivity index (χ0v) is 12.1. The summed E-state index contributed by atoms with van der Waals surface area (Å²) in [5.74, 6) is 0.968. The SMILES string of the molecule is C=CCNc1nc(C)cn1C(C)CCCCCC. The summed E-state index contributed by atoms with van der Waals surface area (Å²) in [6, 6.07) is 0.510. The molecule has 3 heteroatoms. The van der Waals surface area contributed by atoms with Gasteiger partial charge in [0, 0.05) is 18.8 Å². The molecule has 1 N–H and O–H groups in total. The number of unbranched alkanes of at least 4 members (excludes halogenated alkanes) is 3. The first-order valence-electron chi connectivity index (χ1n) is 7.09. The van der Waals surface area contributed by atoms with Gasteiger partial charge >= 0.3 is 0 Å². The summed E-state index contributed by atoms with van der Waals surface area (Å²) in [5, 5.41) is 3.30. The van der Waals surface area contributed by atoms with Crippen LogP contribution >= 0.6 is 0 Å². The van der Waals surface area contributed by atoms with Gasteiger partial charge in [0.1, 0.15) is 0 Å². The van der Waals surface area contributed by atoms with E-state index >= 15 is 0 Å². The Labute approximate surface area is 111 Å². The average Bonchev–Trinajstić information content (AvgIpc) is 2.73. The third-order valence-electron chi connectivity index (χ3n) is 3.21. The Hall–Kier alpha value is -1.25. The summed E-state index contributed by atoms with van der Waals surface area (Å²) in [4.78, 5) is 4.52. The lowest BCUT2D eigenvalue weighted by molar-refractivity contribution is 0.476. The zero-order chi connectivity index (χ0) is 13.4. The van der Waals surface area contributed by atoms with Crippen LogP contribution in [0.2, 0.25) is 0 Å². The Bertz CT molecular complexity index is 355. The summed E-state index contributed by atoms with van der Waals surface area (Å²) in [5.41, 5.74) is 1.07. The van der Waals surface area contributed by atoms with Crippen LogP contribution in [-0.2, 0) is 0 Å². The van der Waals surface area contributed by atoms with Gasteiger partial charge in [0.05, 0.1) is 5.69 Å². The van der Waals surface area contributed by atoms with E-state index < -0.39 is 0 Å². The van der Waals surface area contributed by atoms with Crippen molar-refractivity contribution in [3.05, 3.63) is 24.5 Å². The number of hydrogen-bond acceptors (Lipinski definition) is 2. The third-order valence-corrected chi connectivity index (χ3v) is 3.21. The van der Waals surface area contributed by atoms with Gasteiger partial charge in [0.2, 0.25) is 5.95 Å². The Balaban J connectivity index is 2.54. The van der Waals surface area contributed by atoms with Crippen molar-refractivity contribution in [1.82, 2.24) is 9.55 Å². The summed E-state index contributed by atoms with van der Waals surface area (Å²) >= 11 is 0. The molecule has 3 nitrogen and oxygen atoms in total. The number of aromatic nitrogens is 2. The van der Waals surface area contributed by atoms with Crippen LogP contribution in [0.25, 0.3) is 0 Å².